The van der Waals surface area contributed by atoms with Crippen molar-refractivity contribution in [2.75, 3.05) is 0 Å². The Balaban J connectivity index is 1.76. The third-order valence-electron chi connectivity index (χ3n) is 4.72. The van der Waals surface area contributed by atoms with Gasteiger partial charge in [-0.3, -0.25) is 0 Å². The second-order valence-electron chi connectivity index (χ2n) is 6.84. The van der Waals surface area contributed by atoms with Crippen LogP contribution >= 0.6 is 0 Å². The summed E-state index contributed by atoms with van der Waals surface area (Å²) < 4.78 is 7.60. The molecule has 3 nitrogen and oxygen atoms in total. The Morgan fingerprint density at radius 1 is 0.920 bits per heavy atom. The van der Waals surface area contributed by atoms with Crippen molar-refractivity contribution in [3.63, 3.8) is 0 Å². The van der Waals surface area contributed by atoms with E-state index < -0.39 is 11.6 Å². The van der Waals surface area contributed by atoms with Crippen molar-refractivity contribution < 1.29 is 14.3 Å². The number of rotatable bonds is 2. The first kappa shape index (κ1) is 16.3. The Bertz CT molecular complexity index is 896. The van der Waals surface area contributed by atoms with Crippen LogP contribution < -0.4 is 4.46 Å². The Morgan fingerprint density at radius 2 is 1.56 bits per heavy atom. The minimum atomic E-state index is -0.413. The predicted octanol–water partition coefficient (Wildman–Crippen LogP) is 3.18. The molecule has 1 heterocycles. The number of ether oxygens (including phenoxy) is 1. The van der Waals surface area contributed by atoms with Gasteiger partial charge in [0.05, 0.1) is 0 Å². The maximum absolute atomic E-state index is 12.7. The zero-order valence-corrected chi connectivity index (χ0v) is 15.8. The van der Waals surface area contributed by atoms with Crippen molar-refractivity contribution in [2.45, 2.75) is 30.7 Å². The van der Waals surface area contributed by atoms with Gasteiger partial charge in [-0.25, -0.2) is 0 Å². The zero-order valence-electron chi connectivity index (χ0n) is 14.1. The number of ketones is 2. The molecule has 0 amide bonds. The first-order chi connectivity index (χ1) is 12.0. The Morgan fingerprint density at radius 3 is 2.28 bits per heavy atom. The van der Waals surface area contributed by atoms with Gasteiger partial charge in [-0.1, -0.05) is 0 Å². The fourth-order valence-electron chi connectivity index (χ4n) is 3.31. The first-order valence-corrected chi connectivity index (χ1v) is 10.1. The van der Waals surface area contributed by atoms with Crippen LogP contribution in [0.15, 0.2) is 60.2 Å². The molecular weight excluding hydrogens is 379 g/mol. The van der Waals surface area contributed by atoms with Gasteiger partial charge >= 0.3 is 153 Å². The summed E-state index contributed by atoms with van der Waals surface area (Å²) in [4.78, 5) is 25.3. The van der Waals surface area contributed by atoms with Crippen LogP contribution in [0.1, 0.15) is 36.2 Å². The zero-order chi connectivity index (χ0) is 17.6. The molecule has 0 saturated carbocycles. The average molecular weight is 397 g/mol. The van der Waals surface area contributed by atoms with Gasteiger partial charge in [0, 0.05) is 0 Å². The summed E-state index contributed by atoms with van der Waals surface area (Å²) in [7, 11) is 0. The molecular formula is C21H18O3Se. The number of carbonyl (C=O) groups excluding carboxylic acids is 2. The van der Waals surface area contributed by atoms with Crippen LogP contribution in [0.5, 0.6) is 0 Å². The molecule has 2 aromatic carbocycles. The molecule has 1 aliphatic heterocycles. The molecule has 0 spiro atoms. The Hall–Kier alpha value is -2.16. The molecule has 126 valence electrons. The van der Waals surface area contributed by atoms with E-state index in [-0.39, 0.29) is 25.4 Å². The molecule has 4 heteroatoms. The summed E-state index contributed by atoms with van der Waals surface area (Å²) in [6.07, 6.45) is 0.593. The number of carbonyl (C=O) groups is 2. The number of hydrogen-bond acceptors (Lipinski definition) is 3. The Labute approximate surface area is 153 Å². The van der Waals surface area contributed by atoms with Crippen molar-refractivity contribution in [1.82, 2.24) is 0 Å². The molecule has 0 fully saturated rings. The molecule has 0 saturated heterocycles. The second-order valence-corrected chi connectivity index (χ2v) is 9.52. The second kappa shape index (κ2) is 5.98. The van der Waals surface area contributed by atoms with E-state index in [1.165, 1.54) is 4.46 Å². The fraction of sp³-hybridized carbons (Fsp3) is 0.238. The molecule has 0 N–H and O–H groups in total. The van der Waals surface area contributed by atoms with Crippen LogP contribution in [-0.2, 0) is 9.53 Å². The van der Waals surface area contributed by atoms with Gasteiger partial charge in [0.2, 0.25) is 0 Å². The molecule has 0 radical (unpaired) electrons. The van der Waals surface area contributed by atoms with Gasteiger partial charge in [0.25, 0.3) is 0 Å². The average Bonchev–Trinajstić information content (AvgIpc) is 2.62. The number of allylic oxidation sites excluding steroid dienone is 1. The summed E-state index contributed by atoms with van der Waals surface area (Å²) in [5, 5.41) is 0. The predicted molar refractivity (Wildman–Crippen MR) is 98.1 cm³/mol. The van der Waals surface area contributed by atoms with Gasteiger partial charge < -0.3 is 0 Å². The SMILES string of the molecule is CC1(C)OC2=C(CC1[Se]c1ccccc1)C(=O)C(=O)c1ccccc12. The normalized spacial score (nSPS) is 21.4. The van der Waals surface area contributed by atoms with E-state index >= 15 is 0 Å². The summed E-state index contributed by atoms with van der Waals surface area (Å²) >= 11 is 0.156. The van der Waals surface area contributed by atoms with Crippen LogP contribution in [0, 0.1) is 0 Å². The Kier molecular flexibility index (Phi) is 3.90. The van der Waals surface area contributed by atoms with Crippen LogP contribution in [0.2, 0.25) is 4.82 Å². The first-order valence-electron chi connectivity index (χ1n) is 8.29. The standard InChI is InChI=1S/C21H18O3Se/c1-21(2)17(25-13-8-4-3-5-9-13)12-16-19(23)18(22)14-10-6-7-11-15(14)20(16)24-21/h3-11,17H,12H2,1-2H3. The molecule has 4 rings (SSSR count). The topological polar surface area (TPSA) is 43.4 Å². The van der Waals surface area contributed by atoms with E-state index in [0.717, 1.165) is 5.56 Å². The van der Waals surface area contributed by atoms with Gasteiger partial charge in [-0.05, 0) is 0 Å². The third-order valence-corrected chi connectivity index (χ3v) is 8.00. The summed E-state index contributed by atoms with van der Waals surface area (Å²) in [6, 6.07) is 17.5. The molecule has 0 bridgehead atoms. The van der Waals surface area contributed by atoms with Crippen molar-refractivity contribution in [3.05, 3.63) is 71.3 Å². The summed E-state index contributed by atoms with van der Waals surface area (Å²) in [6.45, 7) is 4.16. The summed E-state index contributed by atoms with van der Waals surface area (Å²) in [5.41, 5.74) is 1.36. The van der Waals surface area contributed by atoms with Crippen LogP contribution in [0.3, 0.4) is 0 Å². The van der Waals surface area contributed by atoms with Gasteiger partial charge in [-0.15, -0.1) is 0 Å². The number of fused-ring (bicyclic) bond motifs is 2. The van der Waals surface area contributed by atoms with Crippen LogP contribution in [0.4, 0.5) is 0 Å². The van der Waals surface area contributed by atoms with E-state index in [2.05, 4.69) is 26.0 Å². The number of hydrogen-bond donors (Lipinski definition) is 0. The van der Waals surface area contributed by atoms with Gasteiger partial charge in [0.1, 0.15) is 0 Å². The minimum absolute atomic E-state index is 0.156. The molecule has 2 aliphatic rings. The van der Waals surface area contributed by atoms with E-state index in [1.54, 1.807) is 12.1 Å². The molecule has 25 heavy (non-hydrogen) atoms. The van der Waals surface area contributed by atoms with E-state index in [1.807, 2.05) is 30.3 Å². The maximum atomic E-state index is 12.7. The van der Waals surface area contributed by atoms with Crippen LogP contribution in [0.25, 0.3) is 5.76 Å². The quantitative estimate of drug-likeness (QED) is 0.578. The van der Waals surface area contributed by atoms with Crippen LogP contribution in [-0.4, -0.2) is 32.1 Å². The van der Waals surface area contributed by atoms with E-state index in [0.29, 0.717) is 23.3 Å². The molecule has 2 aromatic rings. The molecule has 1 atom stereocenters. The van der Waals surface area contributed by atoms with E-state index in [9.17, 15) is 9.59 Å². The number of Topliss-reactive ketones (excluding diaryl/α,β-unsaturated/α-hetero) is 2. The van der Waals surface area contributed by atoms with Gasteiger partial charge in [0.15, 0.2) is 0 Å². The van der Waals surface area contributed by atoms with Crippen molar-refractivity contribution in [1.29, 1.82) is 0 Å². The fourth-order valence-corrected chi connectivity index (χ4v) is 5.88. The summed E-state index contributed by atoms with van der Waals surface area (Å²) in [5.74, 6) is -0.216. The molecule has 1 aliphatic carbocycles. The monoisotopic (exact) mass is 398 g/mol. The van der Waals surface area contributed by atoms with Crippen molar-refractivity contribution in [3.8, 4) is 0 Å². The van der Waals surface area contributed by atoms with Crippen molar-refractivity contribution >= 4 is 36.7 Å². The van der Waals surface area contributed by atoms with Gasteiger partial charge in [-0.2, -0.15) is 0 Å². The van der Waals surface area contributed by atoms with E-state index in [4.69, 9.17) is 4.74 Å². The number of benzene rings is 2. The third kappa shape index (κ3) is 2.76. The van der Waals surface area contributed by atoms with Crippen molar-refractivity contribution in [2.24, 2.45) is 0 Å². The molecule has 0 aromatic heterocycles. The molecule has 1 unspecified atom stereocenters.